The van der Waals surface area contributed by atoms with Crippen LogP contribution in [0.1, 0.15) is 6.92 Å². The van der Waals surface area contributed by atoms with E-state index in [9.17, 15) is 4.79 Å². The monoisotopic (exact) mass is 194 g/mol. The van der Waals surface area contributed by atoms with Crippen molar-refractivity contribution in [3.8, 4) is 0 Å². The Bertz CT molecular complexity index is 159. The van der Waals surface area contributed by atoms with E-state index in [1.54, 1.807) is 6.92 Å². The lowest BCUT2D eigenvalue weighted by Crippen LogP contribution is -2.13. The van der Waals surface area contributed by atoms with Gasteiger partial charge in [-0.25, -0.2) is 0 Å². The zero-order valence-electron chi connectivity index (χ0n) is 6.34. The molecule has 0 aliphatic heterocycles. The van der Waals surface area contributed by atoms with Crippen LogP contribution in [0.4, 0.5) is 0 Å². The minimum absolute atomic E-state index is 0.0887. The summed E-state index contributed by atoms with van der Waals surface area (Å²) in [5.74, 6) is 0.506. The molecule has 0 aromatic carbocycles. The number of aliphatic hydroxyl groups excluding tert-OH is 1. The van der Waals surface area contributed by atoms with Crippen molar-refractivity contribution in [1.82, 2.24) is 0 Å². The smallest absolute Gasteiger partial charge is 0.214 e. The van der Waals surface area contributed by atoms with E-state index in [2.05, 4.69) is 6.58 Å². The average Bonchev–Trinajstić information content (AvgIpc) is 1.99. The van der Waals surface area contributed by atoms with Crippen molar-refractivity contribution in [2.45, 2.75) is 13.0 Å². The van der Waals surface area contributed by atoms with Gasteiger partial charge in [0, 0.05) is 11.6 Å². The first kappa shape index (κ1) is 11.0. The lowest BCUT2D eigenvalue weighted by Gasteiger charge is -2.03. The van der Waals surface area contributed by atoms with E-state index in [1.807, 2.05) is 0 Å². The summed E-state index contributed by atoms with van der Waals surface area (Å²) in [6.45, 7) is 5.12. The standard InChI is InChI=1S/C7H11ClO2S/c1-5(2)7(10)11-4-6(9)3-8/h6,9H,1,3-4H2,2H3. The van der Waals surface area contributed by atoms with Crippen LogP contribution in [0.3, 0.4) is 0 Å². The molecule has 0 bridgehead atoms. The van der Waals surface area contributed by atoms with Gasteiger partial charge in [-0.3, -0.25) is 4.79 Å². The predicted octanol–water partition coefficient (Wildman–Crippen LogP) is 1.42. The molecule has 0 heterocycles. The van der Waals surface area contributed by atoms with Crippen LogP contribution in [0, 0.1) is 0 Å². The maximum atomic E-state index is 10.9. The van der Waals surface area contributed by atoms with Crippen molar-refractivity contribution < 1.29 is 9.90 Å². The Morgan fingerprint density at radius 2 is 2.36 bits per heavy atom. The molecule has 0 fully saturated rings. The molecule has 0 saturated carbocycles. The molecule has 11 heavy (non-hydrogen) atoms. The van der Waals surface area contributed by atoms with Crippen LogP contribution in [0.5, 0.6) is 0 Å². The van der Waals surface area contributed by atoms with Crippen LogP contribution in [-0.4, -0.2) is 28.0 Å². The fraction of sp³-hybridized carbons (Fsp3) is 0.571. The van der Waals surface area contributed by atoms with Crippen molar-refractivity contribution in [2.24, 2.45) is 0 Å². The second kappa shape index (κ2) is 5.63. The van der Waals surface area contributed by atoms with Gasteiger partial charge in [-0.2, -0.15) is 0 Å². The Morgan fingerprint density at radius 3 is 2.73 bits per heavy atom. The summed E-state index contributed by atoms with van der Waals surface area (Å²) in [5, 5.41) is 8.87. The van der Waals surface area contributed by atoms with Crippen molar-refractivity contribution in [1.29, 1.82) is 0 Å². The van der Waals surface area contributed by atoms with Gasteiger partial charge in [-0.1, -0.05) is 18.3 Å². The van der Waals surface area contributed by atoms with Crippen LogP contribution < -0.4 is 0 Å². The molecule has 0 saturated heterocycles. The molecule has 0 amide bonds. The quantitative estimate of drug-likeness (QED) is 0.544. The average molecular weight is 195 g/mol. The zero-order chi connectivity index (χ0) is 8.85. The van der Waals surface area contributed by atoms with Gasteiger partial charge in [0.05, 0.1) is 6.10 Å². The van der Waals surface area contributed by atoms with Crippen LogP contribution in [0.15, 0.2) is 12.2 Å². The summed E-state index contributed by atoms with van der Waals surface area (Å²) in [6, 6.07) is 0. The lowest BCUT2D eigenvalue weighted by molar-refractivity contribution is -0.107. The van der Waals surface area contributed by atoms with Crippen molar-refractivity contribution in [3.63, 3.8) is 0 Å². The van der Waals surface area contributed by atoms with E-state index < -0.39 is 6.10 Å². The largest absolute Gasteiger partial charge is 0.391 e. The van der Waals surface area contributed by atoms with Crippen molar-refractivity contribution >= 4 is 28.5 Å². The van der Waals surface area contributed by atoms with Gasteiger partial charge in [0.1, 0.15) is 0 Å². The molecular formula is C7H11ClO2S. The number of carbonyl (C=O) groups excluding carboxylic acids is 1. The topological polar surface area (TPSA) is 37.3 Å². The molecule has 0 aliphatic carbocycles. The van der Waals surface area contributed by atoms with Gasteiger partial charge in [-0.05, 0) is 12.5 Å². The third kappa shape index (κ3) is 5.30. The number of alkyl halides is 1. The highest BCUT2D eigenvalue weighted by Gasteiger charge is 2.07. The third-order valence-electron chi connectivity index (χ3n) is 0.933. The third-order valence-corrected chi connectivity index (χ3v) is 2.45. The summed E-state index contributed by atoms with van der Waals surface area (Å²) >= 11 is 6.36. The van der Waals surface area contributed by atoms with E-state index in [-0.39, 0.29) is 11.0 Å². The molecule has 1 N–H and O–H groups in total. The van der Waals surface area contributed by atoms with Gasteiger partial charge in [0.2, 0.25) is 5.12 Å². The van der Waals surface area contributed by atoms with E-state index in [0.717, 1.165) is 11.8 Å². The van der Waals surface area contributed by atoms with Crippen LogP contribution in [-0.2, 0) is 4.79 Å². The maximum Gasteiger partial charge on any atom is 0.214 e. The number of carbonyl (C=O) groups is 1. The Balaban J connectivity index is 3.54. The highest BCUT2D eigenvalue weighted by Crippen LogP contribution is 2.10. The molecule has 0 aromatic rings. The minimum atomic E-state index is -0.607. The molecule has 1 atom stereocenters. The minimum Gasteiger partial charge on any atom is -0.391 e. The van der Waals surface area contributed by atoms with Crippen LogP contribution in [0.25, 0.3) is 0 Å². The molecule has 2 nitrogen and oxygen atoms in total. The van der Waals surface area contributed by atoms with Gasteiger partial charge in [-0.15, -0.1) is 11.6 Å². The predicted molar refractivity (Wildman–Crippen MR) is 49.0 cm³/mol. The Labute approximate surface area is 75.6 Å². The molecular weight excluding hydrogens is 184 g/mol. The fourth-order valence-electron chi connectivity index (χ4n) is 0.340. The molecule has 1 unspecified atom stereocenters. The molecule has 4 heteroatoms. The number of rotatable bonds is 4. The van der Waals surface area contributed by atoms with Crippen LogP contribution in [0.2, 0.25) is 0 Å². The Morgan fingerprint density at radius 1 is 1.82 bits per heavy atom. The number of halogens is 1. The normalized spacial score (nSPS) is 12.6. The van der Waals surface area contributed by atoms with Gasteiger partial charge < -0.3 is 5.11 Å². The lowest BCUT2D eigenvalue weighted by atomic mass is 10.4. The highest BCUT2D eigenvalue weighted by atomic mass is 35.5. The second-order valence-electron chi connectivity index (χ2n) is 2.19. The van der Waals surface area contributed by atoms with Crippen molar-refractivity contribution in [3.05, 3.63) is 12.2 Å². The van der Waals surface area contributed by atoms with E-state index in [0.29, 0.717) is 11.3 Å². The summed E-state index contributed by atoms with van der Waals surface area (Å²) in [5.41, 5.74) is 0.497. The fourth-order valence-corrected chi connectivity index (χ4v) is 1.29. The molecule has 0 radical (unpaired) electrons. The van der Waals surface area contributed by atoms with E-state index in [1.165, 1.54) is 0 Å². The van der Waals surface area contributed by atoms with Gasteiger partial charge >= 0.3 is 0 Å². The number of hydrogen-bond donors (Lipinski definition) is 1. The SMILES string of the molecule is C=C(C)C(=O)SCC(O)CCl. The molecule has 0 rings (SSSR count). The maximum absolute atomic E-state index is 10.9. The zero-order valence-corrected chi connectivity index (χ0v) is 7.91. The highest BCUT2D eigenvalue weighted by molar-refractivity contribution is 8.14. The first-order valence-corrected chi connectivity index (χ1v) is 4.66. The molecule has 0 aliphatic rings. The summed E-state index contributed by atoms with van der Waals surface area (Å²) in [4.78, 5) is 10.9. The Kier molecular flexibility index (Phi) is 5.64. The summed E-state index contributed by atoms with van der Waals surface area (Å²) in [7, 11) is 0. The first-order chi connectivity index (χ1) is 5.07. The van der Waals surface area contributed by atoms with E-state index >= 15 is 0 Å². The summed E-state index contributed by atoms with van der Waals surface area (Å²) in [6.07, 6.45) is -0.607. The molecule has 0 spiro atoms. The summed E-state index contributed by atoms with van der Waals surface area (Å²) < 4.78 is 0. The number of thioether (sulfide) groups is 1. The van der Waals surface area contributed by atoms with E-state index in [4.69, 9.17) is 16.7 Å². The van der Waals surface area contributed by atoms with Gasteiger partial charge in [0.25, 0.3) is 0 Å². The Hall–Kier alpha value is 0.01000. The molecule has 64 valence electrons. The number of hydrogen-bond acceptors (Lipinski definition) is 3. The van der Waals surface area contributed by atoms with Crippen LogP contribution >= 0.6 is 23.4 Å². The van der Waals surface area contributed by atoms with Crippen molar-refractivity contribution in [2.75, 3.05) is 11.6 Å². The second-order valence-corrected chi connectivity index (χ2v) is 3.49. The van der Waals surface area contributed by atoms with Gasteiger partial charge in [0.15, 0.2) is 0 Å². The molecule has 0 aromatic heterocycles. The number of aliphatic hydroxyl groups is 1. The first-order valence-electron chi connectivity index (χ1n) is 3.14.